The molecule has 1 N–H and O–H groups in total. The molecule has 1 fully saturated rings. The summed E-state index contributed by atoms with van der Waals surface area (Å²) in [4.78, 5) is 4.34. The Kier molecular flexibility index (Phi) is 3.81. The van der Waals surface area contributed by atoms with E-state index in [1.807, 2.05) is 12.3 Å². The van der Waals surface area contributed by atoms with Crippen LogP contribution >= 0.6 is 0 Å². The number of aryl methyl sites for hydroxylation is 1. The minimum absolute atomic E-state index is 0.830. The second kappa shape index (κ2) is 5.33. The van der Waals surface area contributed by atoms with E-state index in [-0.39, 0.29) is 0 Å². The van der Waals surface area contributed by atoms with Crippen molar-refractivity contribution in [3.63, 3.8) is 0 Å². The number of anilines is 1. The summed E-state index contributed by atoms with van der Waals surface area (Å²) in [5.74, 6) is 2.72. The Morgan fingerprint density at radius 2 is 2.19 bits per heavy atom. The molecule has 0 saturated heterocycles. The number of nitrogens with zero attached hydrogens (tertiary/aromatic N) is 1. The van der Waals surface area contributed by atoms with E-state index in [1.165, 1.54) is 31.2 Å². The maximum absolute atomic E-state index is 4.34. The van der Waals surface area contributed by atoms with Gasteiger partial charge in [0.1, 0.15) is 5.82 Å². The Balaban J connectivity index is 1.86. The summed E-state index contributed by atoms with van der Waals surface area (Å²) < 4.78 is 0. The highest BCUT2D eigenvalue weighted by atomic mass is 15.0. The highest BCUT2D eigenvalue weighted by Crippen LogP contribution is 2.29. The van der Waals surface area contributed by atoms with E-state index < -0.39 is 0 Å². The summed E-state index contributed by atoms with van der Waals surface area (Å²) >= 11 is 0. The Morgan fingerprint density at radius 3 is 2.94 bits per heavy atom. The summed E-state index contributed by atoms with van der Waals surface area (Å²) in [7, 11) is 0. The quantitative estimate of drug-likeness (QED) is 0.838. The lowest BCUT2D eigenvalue weighted by Gasteiger charge is -2.28. The molecule has 0 radical (unpaired) electrons. The third-order valence-corrected chi connectivity index (χ3v) is 3.75. The van der Waals surface area contributed by atoms with Gasteiger partial charge in [-0.25, -0.2) is 4.98 Å². The van der Waals surface area contributed by atoms with Crippen LogP contribution in [0.2, 0.25) is 0 Å². The van der Waals surface area contributed by atoms with Crippen LogP contribution in [0.4, 0.5) is 5.82 Å². The molecule has 1 heterocycles. The molecule has 2 unspecified atom stereocenters. The number of pyridine rings is 1. The number of hydrogen-bond acceptors (Lipinski definition) is 2. The Bertz CT molecular complexity index is 335. The fraction of sp³-hybridized carbons (Fsp3) is 0.643. The van der Waals surface area contributed by atoms with Gasteiger partial charge in [-0.15, -0.1) is 0 Å². The van der Waals surface area contributed by atoms with Gasteiger partial charge in [0.15, 0.2) is 0 Å². The third-order valence-electron chi connectivity index (χ3n) is 3.75. The van der Waals surface area contributed by atoms with Gasteiger partial charge in [0.05, 0.1) is 0 Å². The second-order valence-corrected chi connectivity index (χ2v) is 5.12. The van der Waals surface area contributed by atoms with Crippen molar-refractivity contribution < 1.29 is 0 Å². The molecule has 0 bridgehead atoms. The molecule has 1 aromatic rings. The average molecular weight is 218 g/mol. The third kappa shape index (κ3) is 2.97. The normalized spacial score (nSPS) is 25.4. The summed E-state index contributed by atoms with van der Waals surface area (Å²) in [6, 6.07) is 4.15. The van der Waals surface area contributed by atoms with E-state index in [4.69, 9.17) is 0 Å². The van der Waals surface area contributed by atoms with Crippen LogP contribution in [0.3, 0.4) is 0 Å². The van der Waals surface area contributed by atoms with Crippen molar-refractivity contribution in [1.82, 2.24) is 4.98 Å². The topological polar surface area (TPSA) is 24.9 Å². The Hall–Kier alpha value is -1.05. The zero-order valence-corrected chi connectivity index (χ0v) is 10.4. The highest BCUT2D eigenvalue weighted by molar-refractivity contribution is 5.36. The van der Waals surface area contributed by atoms with Crippen LogP contribution in [0.5, 0.6) is 0 Å². The molecular weight excluding hydrogens is 196 g/mol. The smallest absolute Gasteiger partial charge is 0.126 e. The average Bonchev–Trinajstić information content (AvgIpc) is 2.28. The first kappa shape index (κ1) is 11.4. The van der Waals surface area contributed by atoms with Crippen molar-refractivity contribution in [3.05, 3.63) is 23.9 Å². The molecule has 1 aromatic heterocycles. The second-order valence-electron chi connectivity index (χ2n) is 5.12. The zero-order chi connectivity index (χ0) is 11.4. The molecule has 2 rings (SSSR count). The van der Waals surface area contributed by atoms with E-state index in [1.54, 1.807) is 0 Å². The molecule has 0 amide bonds. The summed E-state index contributed by atoms with van der Waals surface area (Å²) in [5, 5.41) is 3.47. The Morgan fingerprint density at radius 1 is 1.38 bits per heavy atom. The van der Waals surface area contributed by atoms with E-state index in [9.17, 15) is 0 Å². The van der Waals surface area contributed by atoms with Gasteiger partial charge in [-0.05, 0) is 42.9 Å². The monoisotopic (exact) mass is 218 g/mol. The lowest BCUT2D eigenvalue weighted by molar-refractivity contribution is 0.268. The van der Waals surface area contributed by atoms with Crippen molar-refractivity contribution in [3.8, 4) is 0 Å². The fourth-order valence-corrected chi connectivity index (χ4v) is 2.56. The minimum atomic E-state index is 0.830. The van der Waals surface area contributed by atoms with Gasteiger partial charge < -0.3 is 5.32 Å². The molecule has 1 saturated carbocycles. The van der Waals surface area contributed by atoms with Gasteiger partial charge in [0.25, 0.3) is 0 Å². The molecule has 1 aliphatic carbocycles. The van der Waals surface area contributed by atoms with Crippen molar-refractivity contribution in [2.75, 3.05) is 11.9 Å². The number of rotatable bonds is 3. The van der Waals surface area contributed by atoms with Crippen molar-refractivity contribution in [1.29, 1.82) is 0 Å². The molecule has 2 nitrogen and oxygen atoms in total. The van der Waals surface area contributed by atoms with Crippen LogP contribution in [0.25, 0.3) is 0 Å². The highest BCUT2D eigenvalue weighted by Gasteiger charge is 2.20. The van der Waals surface area contributed by atoms with Gasteiger partial charge in [-0.2, -0.15) is 0 Å². The van der Waals surface area contributed by atoms with Crippen LogP contribution in [-0.4, -0.2) is 11.5 Å². The van der Waals surface area contributed by atoms with Gasteiger partial charge in [-0.3, -0.25) is 0 Å². The predicted molar refractivity (Wildman–Crippen MR) is 68.6 cm³/mol. The van der Waals surface area contributed by atoms with Gasteiger partial charge in [0, 0.05) is 12.7 Å². The molecule has 0 aliphatic heterocycles. The van der Waals surface area contributed by atoms with Crippen LogP contribution in [-0.2, 0) is 0 Å². The lowest BCUT2D eigenvalue weighted by atomic mass is 9.80. The summed E-state index contributed by atoms with van der Waals surface area (Å²) in [6.07, 6.45) is 7.47. The number of aromatic nitrogens is 1. The van der Waals surface area contributed by atoms with Crippen LogP contribution in [0.1, 0.15) is 38.2 Å². The maximum atomic E-state index is 4.34. The Labute approximate surface area is 98.5 Å². The molecule has 88 valence electrons. The maximum Gasteiger partial charge on any atom is 0.126 e. The van der Waals surface area contributed by atoms with Crippen molar-refractivity contribution >= 4 is 5.82 Å². The first-order valence-electron chi connectivity index (χ1n) is 6.42. The lowest BCUT2D eigenvalue weighted by Crippen LogP contribution is -2.24. The van der Waals surface area contributed by atoms with Gasteiger partial charge in [0.2, 0.25) is 0 Å². The molecule has 2 heteroatoms. The molecule has 2 atom stereocenters. The molecule has 1 aliphatic rings. The van der Waals surface area contributed by atoms with Crippen LogP contribution in [0, 0.1) is 18.8 Å². The SMILES string of the molecule is Cc1ccnc(NCC2CCCCC2C)c1. The van der Waals surface area contributed by atoms with E-state index in [0.717, 1.165) is 24.2 Å². The summed E-state index contributed by atoms with van der Waals surface area (Å²) in [5.41, 5.74) is 1.27. The van der Waals surface area contributed by atoms with Crippen LogP contribution < -0.4 is 5.32 Å². The fourth-order valence-electron chi connectivity index (χ4n) is 2.56. The number of nitrogens with one attached hydrogen (secondary N) is 1. The standard InChI is InChI=1S/C14H22N2/c1-11-7-8-15-14(9-11)16-10-13-6-4-3-5-12(13)2/h7-9,12-13H,3-6,10H2,1-2H3,(H,15,16). The molecule has 16 heavy (non-hydrogen) atoms. The van der Waals surface area contributed by atoms with E-state index in [2.05, 4.69) is 30.2 Å². The van der Waals surface area contributed by atoms with Gasteiger partial charge >= 0.3 is 0 Å². The van der Waals surface area contributed by atoms with Crippen molar-refractivity contribution in [2.24, 2.45) is 11.8 Å². The van der Waals surface area contributed by atoms with Gasteiger partial charge in [-0.1, -0.05) is 26.2 Å². The molecule has 0 aromatic carbocycles. The molecule has 0 spiro atoms. The first-order valence-corrected chi connectivity index (χ1v) is 6.42. The van der Waals surface area contributed by atoms with Crippen LogP contribution in [0.15, 0.2) is 18.3 Å². The zero-order valence-electron chi connectivity index (χ0n) is 10.4. The van der Waals surface area contributed by atoms with E-state index in [0.29, 0.717) is 0 Å². The largest absolute Gasteiger partial charge is 0.370 e. The van der Waals surface area contributed by atoms with E-state index >= 15 is 0 Å². The first-order chi connectivity index (χ1) is 7.75. The number of hydrogen-bond donors (Lipinski definition) is 1. The predicted octanol–water partition coefficient (Wildman–Crippen LogP) is 3.63. The molecular formula is C14H22N2. The van der Waals surface area contributed by atoms with Crippen molar-refractivity contribution in [2.45, 2.75) is 39.5 Å². The minimum Gasteiger partial charge on any atom is -0.370 e. The summed E-state index contributed by atoms with van der Waals surface area (Å²) in [6.45, 7) is 5.57.